The second-order valence-corrected chi connectivity index (χ2v) is 4.35. The maximum Gasteiger partial charge on any atom is 0.183 e. The molecular formula is C8H12ClNO2S. The zero-order valence-corrected chi connectivity index (χ0v) is 9.19. The molecule has 1 atom stereocenters. The Morgan fingerprint density at radius 3 is 3.00 bits per heavy atom. The molecule has 0 saturated heterocycles. The highest BCUT2D eigenvalue weighted by Crippen LogP contribution is 2.18. The van der Waals surface area contributed by atoms with Crippen molar-refractivity contribution in [2.45, 2.75) is 19.6 Å². The fraction of sp³-hybridized carbons (Fsp3) is 0.625. The SMILES string of the molecule is COCC(C)OCc1cnc(Cl)s1. The third-order valence-corrected chi connectivity index (χ3v) is 2.53. The predicted molar refractivity (Wildman–Crippen MR) is 53.3 cm³/mol. The van der Waals surface area contributed by atoms with Crippen LogP contribution in [0.15, 0.2) is 6.20 Å². The number of hydrogen-bond donors (Lipinski definition) is 0. The highest BCUT2D eigenvalue weighted by Gasteiger charge is 2.04. The lowest BCUT2D eigenvalue weighted by Crippen LogP contribution is -2.14. The van der Waals surface area contributed by atoms with Crippen molar-refractivity contribution < 1.29 is 9.47 Å². The van der Waals surface area contributed by atoms with Gasteiger partial charge >= 0.3 is 0 Å². The summed E-state index contributed by atoms with van der Waals surface area (Å²) in [6.45, 7) is 3.12. The first-order chi connectivity index (χ1) is 6.22. The molecule has 0 N–H and O–H groups in total. The Labute approximate surface area is 86.6 Å². The summed E-state index contributed by atoms with van der Waals surface area (Å²) in [5, 5.41) is 0. The van der Waals surface area contributed by atoms with Crippen molar-refractivity contribution >= 4 is 22.9 Å². The van der Waals surface area contributed by atoms with Crippen molar-refractivity contribution in [2.24, 2.45) is 0 Å². The van der Waals surface area contributed by atoms with E-state index in [0.29, 0.717) is 17.7 Å². The molecule has 13 heavy (non-hydrogen) atoms. The molecule has 74 valence electrons. The quantitative estimate of drug-likeness (QED) is 0.765. The Morgan fingerprint density at radius 2 is 2.46 bits per heavy atom. The number of aromatic nitrogens is 1. The highest BCUT2D eigenvalue weighted by atomic mass is 35.5. The van der Waals surface area contributed by atoms with Crippen LogP contribution in [0.5, 0.6) is 0 Å². The molecule has 1 aromatic heterocycles. The number of thiazole rings is 1. The van der Waals surface area contributed by atoms with Gasteiger partial charge in [-0.15, -0.1) is 11.3 Å². The molecule has 0 radical (unpaired) electrons. The van der Waals surface area contributed by atoms with E-state index in [1.807, 2.05) is 6.92 Å². The fourth-order valence-corrected chi connectivity index (χ4v) is 1.76. The standard InChI is InChI=1S/C8H12ClNO2S/c1-6(4-11-2)12-5-7-3-10-8(9)13-7/h3,6H,4-5H2,1-2H3. The summed E-state index contributed by atoms with van der Waals surface area (Å²) in [4.78, 5) is 4.95. The minimum Gasteiger partial charge on any atom is -0.382 e. The number of halogens is 1. The van der Waals surface area contributed by atoms with Crippen molar-refractivity contribution in [3.05, 3.63) is 15.5 Å². The summed E-state index contributed by atoms with van der Waals surface area (Å²) >= 11 is 7.10. The number of hydrogen-bond acceptors (Lipinski definition) is 4. The molecular weight excluding hydrogens is 210 g/mol. The third-order valence-electron chi connectivity index (χ3n) is 1.44. The van der Waals surface area contributed by atoms with Gasteiger partial charge in [0.1, 0.15) is 0 Å². The Morgan fingerprint density at radius 1 is 1.69 bits per heavy atom. The zero-order valence-electron chi connectivity index (χ0n) is 7.62. The van der Waals surface area contributed by atoms with Gasteiger partial charge in [0.2, 0.25) is 0 Å². The second-order valence-electron chi connectivity index (χ2n) is 2.66. The van der Waals surface area contributed by atoms with Gasteiger partial charge in [-0.2, -0.15) is 0 Å². The van der Waals surface area contributed by atoms with Gasteiger partial charge in [-0.3, -0.25) is 0 Å². The van der Waals surface area contributed by atoms with Gasteiger partial charge in [0.05, 0.1) is 24.2 Å². The van der Waals surface area contributed by atoms with Crippen molar-refractivity contribution in [3.63, 3.8) is 0 Å². The van der Waals surface area contributed by atoms with Crippen LogP contribution < -0.4 is 0 Å². The van der Waals surface area contributed by atoms with E-state index in [4.69, 9.17) is 21.1 Å². The summed E-state index contributed by atoms with van der Waals surface area (Å²) in [6.07, 6.45) is 1.83. The maximum atomic E-state index is 5.66. The summed E-state index contributed by atoms with van der Waals surface area (Å²) in [5.41, 5.74) is 0. The Hall–Kier alpha value is -0.160. The lowest BCUT2D eigenvalue weighted by molar-refractivity contribution is 0.000872. The first-order valence-electron chi connectivity index (χ1n) is 3.93. The lowest BCUT2D eigenvalue weighted by Gasteiger charge is -2.10. The Balaban J connectivity index is 2.26. The molecule has 1 unspecified atom stereocenters. The highest BCUT2D eigenvalue weighted by molar-refractivity contribution is 7.15. The normalized spacial score (nSPS) is 13.2. The summed E-state index contributed by atoms with van der Waals surface area (Å²) in [5.74, 6) is 0. The number of methoxy groups -OCH3 is 1. The number of nitrogens with zero attached hydrogens (tertiary/aromatic N) is 1. The van der Waals surface area contributed by atoms with E-state index in [0.717, 1.165) is 4.88 Å². The van der Waals surface area contributed by atoms with Crippen molar-refractivity contribution in [2.75, 3.05) is 13.7 Å². The third kappa shape index (κ3) is 4.04. The zero-order chi connectivity index (χ0) is 9.68. The first kappa shape index (κ1) is 10.9. The first-order valence-corrected chi connectivity index (χ1v) is 5.12. The predicted octanol–water partition coefficient (Wildman–Crippen LogP) is 2.35. The number of ether oxygens (including phenoxy) is 2. The maximum absolute atomic E-state index is 5.66. The topological polar surface area (TPSA) is 31.4 Å². The van der Waals surface area contributed by atoms with E-state index in [2.05, 4.69) is 4.98 Å². The van der Waals surface area contributed by atoms with Gasteiger partial charge in [0.25, 0.3) is 0 Å². The summed E-state index contributed by atoms with van der Waals surface area (Å²) in [6, 6.07) is 0. The van der Waals surface area contributed by atoms with Crippen molar-refractivity contribution in [1.29, 1.82) is 0 Å². The molecule has 1 aromatic rings. The minimum absolute atomic E-state index is 0.103. The van der Waals surface area contributed by atoms with Crippen molar-refractivity contribution in [1.82, 2.24) is 4.98 Å². The molecule has 0 bridgehead atoms. The van der Waals surface area contributed by atoms with Crippen LogP contribution in [-0.2, 0) is 16.1 Å². The minimum atomic E-state index is 0.103. The van der Waals surface area contributed by atoms with E-state index in [1.165, 1.54) is 11.3 Å². The average molecular weight is 222 g/mol. The van der Waals surface area contributed by atoms with Crippen LogP contribution in [-0.4, -0.2) is 24.8 Å². The molecule has 1 rings (SSSR count). The van der Waals surface area contributed by atoms with Gasteiger partial charge in [-0.25, -0.2) is 4.98 Å². The molecule has 0 fully saturated rings. The van der Waals surface area contributed by atoms with Crippen molar-refractivity contribution in [3.8, 4) is 0 Å². The molecule has 0 aliphatic rings. The monoisotopic (exact) mass is 221 g/mol. The molecule has 0 aliphatic heterocycles. The van der Waals surface area contributed by atoms with E-state index in [9.17, 15) is 0 Å². The van der Waals surface area contributed by atoms with Crippen LogP contribution in [0.2, 0.25) is 4.47 Å². The van der Waals surface area contributed by atoms with Gasteiger partial charge in [-0.1, -0.05) is 11.6 Å². The van der Waals surface area contributed by atoms with E-state index in [1.54, 1.807) is 13.3 Å². The Kier molecular flexibility index (Phi) is 4.66. The van der Waals surface area contributed by atoms with Crippen LogP contribution in [0.25, 0.3) is 0 Å². The molecule has 0 saturated carbocycles. The van der Waals surface area contributed by atoms with Crippen LogP contribution in [0, 0.1) is 0 Å². The molecule has 0 aliphatic carbocycles. The average Bonchev–Trinajstić information content (AvgIpc) is 2.49. The van der Waals surface area contributed by atoms with Crippen LogP contribution in [0.3, 0.4) is 0 Å². The van der Waals surface area contributed by atoms with Gasteiger partial charge in [0, 0.05) is 13.3 Å². The Bertz CT molecular complexity index is 254. The largest absolute Gasteiger partial charge is 0.382 e. The molecule has 0 amide bonds. The van der Waals surface area contributed by atoms with Gasteiger partial charge in [-0.05, 0) is 6.92 Å². The van der Waals surface area contributed by atoms with Crippen LogP contribution >= 0.6 is 22.9 Å². The molecule has 3 nitrogen and oxygen atoms in total. The van der Waals surface area contributed by atoms with E-state index in [-0.39, 0.29) is 6.10 Å². The van der Waals surface area contributed by atoms with E-state index < -0.39 is 0 Å². The molecule has 0 spiro atoms. The molecule has 0 aromatic carbocycles. The smallest absolute Gasteiger partial charge is 0.183 e. The summed E-state index contributed by atoms with van der Waals surface area (Å²) < 4.78 is 11.0. The lowest BCUT2D eigenvalue weighted by atomic mass is 10.4. The van der Waals surface area contributed by atoms with Crippen LogP contribution in [0.1, 0.15) is 11.8 Å². The van der Waals surface area contributed by atoms with Gasteiger partial charge < -0.3 is 9.47 Å². The van der Waals surface area contributed by atoms with Gasteiger partial charge in [0.15, 0.2) is 4.47 Å². The molecule has 5 heteroatoms. The van der Waals surface area contributed by atoms with Crippen LogP contribution in [0.4, 0.5) is 0 Å². The molecule has 1 heterocycles. The second kappa shape index (κ2) is 5.54. The number of rotatable bonds is 5. The van der Waals surface area contributed by atoms with E-state index >= 15 is 0 Å². The summed E-state index contributed by atoms with van der Waals surface area (Å²) in [7, 11) is 1.66. The fourth-order valence-electron chi connectivity index (χ4n) is 0.858.